The van der Waals surface area contributed by atoms with Gasteiger partial charge in [0.25, 0.3) is 0 Å². The Balaban J connectivity index is 1.74. The zero-order valence-electron chi connectivity index (χ0n) is 17.2. The number of nitriles is 1. The van der Waals surface area contributed by atoms with Crippen LogP contribution < -0.4 is 0 Å². The smallest absolute Gasteiger partial charge is 0.0851 e. The van der Waals surface area contributed by atoms with Crippen LogP contribution in [0.3, 0.4) is 0 Å². The lowest BCUT2D eigenvalue weighted by atomic mass is 9.63. The average Bonchev–Trinajstić information content (AvgIpc) is 2.75. The topological polar surface area (TPSA) is 27.0 Å². The number of hydrogen-bond acceptors (Lipinski definition) is 2. The van der Waals surface area contributed by atoms with Crippen molar-refractivity contribution in [1.82, 2.24) is 4.90 Å². The van der Waals surface area contributed by atoms with E-state index in [1.54, 1.807) is 0 Å². The van der Waals surface area contributed by atoms with Gasteiger partial charge in [0.2, 0.25) is 0 Å². The first kappa shape index (κ1) is 22.5. The van der Waals surface area contributed by atoms with Crippen molar-refractivity contribution in [2.75, 3.05) is 13.6 Å². The standard InChI is InChI=1S/C25H30Br2N2/c1-29(18-20-9-4-2-5-10-20)16-8-15-25(19-28,21-11-6-3-7-12-21)22-13-14-23(26)24(27)17-22/h2,4-5,9-10,13-14,17,21H,3,6-8,11-12,15-16,18H2,1H3. The molecule has 154 valence electrons. The summed E-state index contributed by atoms with van der Waals surface area (Å²) in [5, 5.41) is 10.5. The SMILES string of the molecule is CN(CCCC(C#N)(c1ccc(Br)c(Br)c1)C1CCCCC1)Cc1ccccc1. The van der Waals surface area contributed by atoms with Gasteiger partial charge in [-0.15, -0.1) is 0 Å². The molecule has 0 N–H and O–H groups in total. The minimum atomic E-state index is -0.392. The number of benzene rings is 2. The lowest BCUT2D eigenvalue weighted by Gasteiger charge is -2.38. The second-order valence-electron chi connectivity index (χ2n) is 8.37. The van der Waals surface area contributed by atoms with Crippen molar-refractivity contribution in [2.24, 2.45) is 5.92 Å². The quantitative estimate of drug-likeness (QED) is 0.363. The maximum absolute atomic E-state index is 10.5. The van der Waals surface area contributed by atoms with Crippen LogP contribution >= 0.6 is 31.9 Å². The highest BCUT2D eigenvalue weighted by atomic mass is 79.9. The molecule has 3 rings (SSSR count). The van der Waals surface area contributed by atoms with Gasteiger partial charge in [-0.1, -0.05) is 55.7 Å². The number of hydrogen-bond donors (Lipinski definition) is 0. The Labute approximate surface area is 192 Å². The second kappa shape index (κ2) is 10.8. The molecule has 29 heavy (non-hydrogen) atoms. The summed E-state index contributed by atoms with van der Waals surface area (Å²) >= 11 is 7.24. The van der Waals surface area contributed by atoms with Crippen molar-refractivity contribution >= 4 is 31.9 Å². The van der Waals surface area contributed by atoms with E-state index < -0.39 is 5.41 Å². The van der Waals surface area contributed by atoms with Gasteiger partial charge in [0.05, 0.1) is 11.5 Å². The summed E-state index contributed by atoms with van der Waals surface area (Å²) in [5.41, 5.74) is 2.12. The summed E-state index contributed by atoms with van der Waals surface area (Å²) in [6, 6.07) is 19.8. The van der Waals surface area contributed by atoms with Crippen LogP contribution in [0.25, 0.3) is 0 Å². The van der Waals surface area contributed by atoms with E-state index in [1.165, 1.54) is 43.2 Å². The molecule has 2 nitrogen and oxygen atoms in total. The number of rotatable bonds is 8. The van der Waals surface area contributed by atoms with Gasteiger partial charge >= 0.3 is 0 Å². The molecule has 0 radical (unpaired) electrons. The van der Waals surface area contributed by atoms with Gasteiger partial charge in [-0.2, -0.15) is 5.26 Å². The lowest BCUT2D eigenvalue weighted by Crippen LogP contribution is -2.36. The van der Waals surface area contributed by atoms with Gasteiger partial charge in [-0.25, -0.2) is 0 Å². The zero-order valence-corrected chi connectivity index (χ0v) is 20.4. The molecule has 0 spiro atoms. The summed E-state index contributed by atoms with van der Waals surface area (Å²) in [4.78, 5) is 2.37. The van der Waals surface area contributed by atoms with E-state index in [2.05, 4.69) is 98.4 Å². The Morgan fingerprint density at radius 2 is 1.76 bits per heavy atom. The highest BCUT2D eigenvalue weighted by Crippen LogP contribution is 2.45. The first-order valence-corrected chi connectivity index (χ1v) is 12.2. The number of halogens is 2. The van der Waals surface area contributed by atoms with Crippen LogP contribution in [0.5, 0.6) is 0 Å². The molecule has 1 aliphatic rings. The fourth-order valence-electron chi connectivity index (χ4n) is 4.77. The molecule has 2 aromatic rings. The average molecular weight is 518 g/mol. The first-order chi connectivity index (χ1) is 14.0. The van der Waals surface area contributed by atoms with Crippen LogP contribution in [-0.2, 0) is 12.0 Å². The van der Waals surface area contributed by atoms with Crippen molar-refractivity contribution in [1.29, 1.82) is 5.26 Å². The molecule has 0 amide bonds. The third kappa shape index (κ3) is 5.72. The third-order valence-electron chi connectivity index (χ3n) is 6.34. The van der Waals surface area contributed by atoms with Crippen LogP contribution in [0, 0.1) is 17.2 Å². The molecule has 1 fully saturated rings. The molecule has 1 aliphatic carbocycles. The minimum absolute atomic E-state index is 0.392. The summed E-state index contributed by atoms with van der Waals surface area (Å²) < 4.78 is 2.07. The van der Waals surface area contributed by atoms with E-state index in [1.807, 2.05) is 0 Å². The Morgan fingerprint density at radius 3 is 2.41 bits per heavy atom. The van der Waals surface area contributed by atoms with Gasteiger partial charge in [-0.3, -0.25) is 0 Å². The predicted octanol–water partition coefficient (Wildman–Crippen LogP) is 7.47. The van der Waals surface area contributed by atoms with Crippen molar-refractivity contribution in [2.45, 2.75) is 56.9 Å². The van der Waals surface area contributed by atoms with E-state index in [-0.39, 0.29) is 0 Å². The maximum atomic E-state index is 10.5. The Kier molecular flexibility index (Phi) is 8.35. The summed E-state index contributed by atoms with van der Waals surface area (Å²) in [6.45, 7) is 1.95. The summed E-state index contributed by atoms with van der Waals surface area (Å²) in [7, 11) is 2.18. The third-order valence-corrected chi connectivity index (χ3v) is 8.22. The van der Waals surface area contributed by atoms with Gasteiger partial charge in [0.15, 0.2) is 0 Å². The van der Waals surface area contributed by atoms with Crippen molar-refractivity contribution in [3.8, 4) is 6.07 Å². The van der Waals surface area contributed by atoms with E-state index in [0.29, 0.717) is 5.92 Å². The van der Waals surface area contributed by atoms with Gasteiger partial charge in [-0.05, 0) is 100 Å². The molecule has 1 saturated carbocycles. The van der Waals surface area contributed by atoms with Crippen molar-refractivity contribution in [3.63, 3.8) is 0 Å². The molecule has 2 aromatic carbocycles. The molecule has 0 aliphatic heterocycles. The van der Waals surface area contributed by atoms with Gasteiger partial charge in [0.1, 0.15) is 0 Å². The fraction of sp³-hybridized carbons (Fsp3) is 0.480. The van der Waals surface area contributed by atoms with Crippen molar-refractivity contribution in [3.05, 3.63) is 68.6 Å². The Hall–Kier alpha value is -1.15. The largest absolute Gasteiger partial charge is 0.302 e. The van der Waals surface area contributed by atoms with Crippen LogP contribution in [0.2, 0.25) is 0 Å². The lowest BCUT2D eigenvalue weighted by molar-refractivity contribution is 0.223. The normalized spacial score (nSPS) is 17.1. The first-order valence-electron chi connectivity index (χ1n) is 10.6. The minimum Gasteiger partial charge on any atom is -0.302 e. The van der Waals surface area contributed by atoms with Gasteiger partial charge in [0, 0.05) is 15.5 Å². The van der Waals surface area contributed by atoms with Crippen molar-refractivity contribution < 1.29 is 0 Å². The number of nitrogens with zero attached hydrogens (tertiary/aromatic N) is 2. The molecule has 1 atom stereocenters. The predicted molar refractivity (Wildman–Crippen MR) is 128 cm³/mol. The maximum Gasteiger partial charge on any atom is 0.0851 e. The summed E-state index contributed by atoms with van der Waals surface area (Å²) in [6.07, 6.45) is 8.09. The van der Waals surface area contributed by atoms with E-state index in [4.69, 9.17) is 0 Å². The van der Waals surface area contributed by atoms with Crippen LogP contribution in [0.1, 0.15) is 56.1 Å². The highest BCUT2D eigenvalue weighted by molar-refractivity contribution is 9.13. The molecule has 0 heterocycles. The Bertz CT molecular complexity index is 824. The zero-order chi connectivity index (χ0) is 20.7. The Morgan fingerprint density at radius 1 is 1.03 bits per heavy atom. The monoisotopic (exact) mass is 516 g/mol. The second-order valence-corrected chi connectivity index (χ2v) is 10.1. The van der Waals surface area contributed by atoms with E-state index in [0.717, 1.165) is 34.9 Å². The van der Waals surface area contributed by atoms with Crippen LogP contribution in [0.15, 0.2) is 57.5 Å². The van der Waals surface area contributed by atoms with Crippen LogP contribution in [-0.4, -0.2) is 18.5 Å². The fourth-order valence-corrected chi connectivity index (χ4v) is 5.39. The molecule has 0 bridgehead atoms. The van der Waals surface area contributed by atoms with Gasteiger partial charge < -0.3 is 4.90 Å². The molecular formula is C25H30Br2N2. The van der Waals surface area contributed by atoms with Crippen LogP contribution in [0.4, 0.5) is 0 Å². The van der Waals surface area contributed by atoms with E-state index >= 15 is 0 Å². The summed E-state index contributed by atoms with van der Waals surface area (Å²) in [5.74, 6) is 0.453. The van der Waals surface area contributed by atoms with E-state index in [9.17, 15) is 5.26 Å². The molecular weight excluding hydrogens is 488 g/mol. The molecule has 0 saturated heterocycles. The molecule has 4 heteroatoms. The molecule has 1 unspecified atom stereocenters. The highest BCUT2D eigenvalue weighted by Gasteiger charge is 2.41. The molecule has 0 aromatic heterocycles.